The van der Waals surface area contributed by atoms with E-state index in [1.807, 2.05) is 6.92 Å². The molecule has 114 valence electrons. The molecule has 1 rings (SSSR count). The molecule has 1 aromatic carbocycles. The van der Waals surface area contributed by atoms with Gasteiger partial charge in [-0.25, -0.2) is 4.18 Å². The van der Waals surface area contributed by atoms with E-state index in [9.17, 15) is 8.42 Å². The van der Waals surface area contributed by atoms with Crippen LogP contribution in [-0.4, -0.2) is 21.8 Å². The molecule has 4 nitrogen and oxygen atoms in total. The van der Waals surface area contributed by atoms with Crippen molar-refractivity contribution >= 4 is 10.1 Å². The third-order valence-electron chi connectivity index (χ3n) is 3.10. The quantitative estimate of drug-likeness (QED) is 0.397. The van der Waals surface area contributed by atoms with Gasteiger partial charge in [-0.3, -0.25) is 0 Å². The summed E-state index contributed by atoms with van der Waals surface area (Å²) in [6.45, 7) is 4.04. The van der Waals surface area contributed by atoms with Crippen molar-refractivity contribution in [3.63, 3.8) is 0 Å². The van der Waals surface area contributed by atoms with E-state index in [4.69, 9.17) is 8.92 Å². The molecule has 1 atom stereocenters. The number of hydrogen-bond acceptors (Lipinski definition) is 4. The van der Waals surface area contributed by atoms with Gasteiger partial charge >= 0.3 is 0 Å². The second-order valence-electron chi connectivity index (χ2n) is 4.88. The SMILES string of the molecule is CCCCCC[C@@H](OC)OS(=O)(=O)c1ccc(C)cc1. The maximum absolute atomic E-state index is 12.1. The molecule has 0 saturated carbocycles. The molecule has 0 spiro atoms. The van der Waals surface area contributed by atoms with Crippen LogP contribution < -0.4 is 0 Å². The first kappa shape index (κ1) is 17.1. The smallest absolute Gasteiger partial charge is 0.299 e. The van der Waals surface area contributed by atoms with Crippen LogP contribution in [0.25, 0.3) is 0 Å². The number of rotatable bonds is 9. The summed E-state index contributed by atoms with van der Waals surface area (Å²) in [7, 11) is -2.29. The first-order chi connectivity index (χ1) is 9.49. The summed E-state index contributed by atoms with van der Waals surface area (Å²) in [5.74, 6) is 0. The Hall–Kier alpha value is -0.910. The summed E-state index contributed by atoms with van der Waals surface area (Å²) in [5, 5.41) is 0. The summed E-state index contributed by atoms with van der Waals surface area (Å²) in [4.78, 5) is 0.165. The molecule has 0 N–H and O–H groups in total. The van der Waals surface area contributed by atoms with Gasteiger partial charge in [0.1, 0.15) is 0 Å². The standard InChI is InChI=1S/C15H24O4S/c1-4-5-6-7-8-15(18-3)19-20(16,17)14-11-9-13(2)10-12-14/h9-12,15H,4-8H2,1-3H3/t15-/m0/s1. The number of methoxy groups -OCH3 is 1. The molecule has 0 aliphatic carbocycles. The predicted molar refractivity (Wildman–Crippen MR) is 79.0 cm³/mol. The Morgan fingerprint density at radius 3 is 2.30 bits per heavy atom. The van der Waals surface area contributed by atoms with Crippen molar-refractivity contribution < 1.29 is 17.3 Å². The third kappa shape index (κ3) is 5.61. The first-order valence-electron chi connectivity index (χ1n) is 7.02. The second-order valence-corrected chi connectivity index (χ2v) is 6.45. The average molecular weight is 300 g/mol. The molecule has 0 saturated heterocycles. The van der Waals surface area contributed by atoms with Gasteiger partial charge in [-0.2, -0.15) is 8.42 Å². The van der Waals surface area contributed by atoms with Gasteiger partial charge in [0, 0.05) is 7.11 Å². The number of ether oxygens (including phenoxy) is 1. The minimum Gasteiger partial charge on any atom is -0.355 e. The molecular weight excluding hydrogens is 276 g/mol. The van der Waals surface area contributed by atoms with E-state index in [2.05, 4.69) is 6.92 Å². The van der Waals surface area contributed by atoms with Crippen LogP contribution in [0.15, 0.2) is 29.2 Å². The van der Waals surface area contributed by atoms with Crippen molar-refractivity contribution in [1.82, 2.24) is 0 Å². The van der Waals surface area contributed by atoms with E-state index in [0.29, 0.717) is 6.42 Å². The van der Waals surface area contributed by atoms with Crippen LogP contribution in [0.4, 0.5) is 0 Å². The summed E-state index contributed by atoms with van der Waals surface area (Å²) >= 11 is 0. The largest absolute Gasteiger partial charge is 0.355 e. The van der Waals surface area contributed by atoms with Crippen molar-refractivity contribution in [3.05, 3.63) is 29.8 Å². The van der Waals surface area contributed by atoms with Crippen LogP contribution in [-0.2, 0) is 19.0 Å². The van der Waals surface area contributed by atoms with Crippen LogP contribution in [0.3, 0.4) is 0 Å². The Balaban J connectivity index is 2.60. The Morgan fingerprint density at radius 1 is 1.10 bits per heavy atom. The maximum Gasteiger partial charge on any atom is 0.299 e. The number of aryl methyl sites for hydroxylation is 1. The Labute approximate surface area is 122 Å². The van der Waals surface area contributed by atoms with Crippen molar-refractivity contribution in [3.8, 4) is 0 Å². The zero-order valence-electron chi connectivity index (χ0n) is 12.5. The van der Waals surface area contributed by atoms with E-state index in [1.165, 1.54) is 7.11 Å². The fraction of sp³-hybridized carbons (Fsp3) is 0.600. The lowest BCUT2D eigenvalue weighted by Gasteiger charge is -2.16. The van der Waals surface area contributed by atoms with Gasteiger partial charge in [-0.1, -0.05) is 43.9 Å². The average Bonchev–Trinajstić information content (AvgIpc) is 2.42. The zero-order valence-corrected chi connectivity index (χ0v) is 13.3. The highest BCUT2D eigenvalue weighted by molar-refractivity contribution is 7.86. The topological polar surface area (TPSA) is 52.6 Å². The van der Waals surface area contributed by atoms with Crippen LogP contribution in [0.1, 0.15) is 44.6 Å². The van der Waals surface area contributed by atoms with Crippen LogP contribution in [0, 0.1) is 6.92 Å². The monoisotopic (exact) mass is 300 g/mol. The van der Waals surface area contributed by atoms with Crippen molar-refractivity contribution in [2.45, 2.75) is 57.1 Å². The van der Waals surface area contributed by atoms with Crippen LogP contribution in [0.5, 0.6) is 0 Å². The van der Waals surface area contributed by atoms with E-state index in [-0.39, 0.29) is 4.90 Å². The second kappa shape index (κ2) is 8.39. The molecule has 0 amide bonds. The molecule has 0 aliphatic rings. The van der Waals surface area contributed by atoms with Crippen molar-refractivity contribution in [2.24, 2.45) is 0 Å². The lowest BCUT2D eigenvalue weighted by atomic mass is 10.1. The highest BCUT2D eigenvalue weighted by Gasteiger charge is 2.21. The van der Waals surface area contributed by atoms with Crippen molar-refractivity contribution in [1.29, 1.82) is 0 Å². The number of unbranched alkanes of at least 4 members (excludes halogenated alkanes) is 3. The highest BCUT2D eigenvalue weighted by atomic mass is 32.2. The fourth-order valence-electron chi connectivity index (χ4n) is 1.84. The summed E-state index contributed by atoms with van der Waals surface area (Å²) in [6.07, 6.45) is 4.11. The van der Waals surface area contributed by atoms with Crippen LogP contribution in [0.2, 0.25) is 0 Å². The molecule has 0 bridgehead atoms. The molecule has 0 heterocycles. The molecule has 20 heavy (non-hydrogen) atoms. The zero-order chi connectivity index (χ0) is 15.0. The van der Waals surface area contributed by atoms with Gasteiger partial charge in [-0.15, -0.1) is 0 Å². The lowest BCUT2D eigenvalue weighted by molar-refractivity contribution is -0.0550. The van der Waals surface area contributed by atoms with E-state index in [1.54, 1.807) is 24.3 Å². The van der Waals surface area contributed by atoms with Gasteiger partial charge in [0.15, 0.2) is 6.29 Å². The van der Waals surface area contributed by atoms with Crippen LogP contribution >= 0.6 is 0 Å². The predicted octanol–water partition coefficient (Wildman–Crippen LogP) is 3.64. The Morgan fingerprint density at radius 2 is 1.75 bits per heavy atom. The minimum absolute atomic E-state index is 0.165. The molecule has 0 fully saturated rings. The number of benzene rings is 1. The molecule has 0 aromatic heterocycles. The highest BCUT2D eigenvalue weighted by Crippen LogP contribution is 2.18. The van der Waals surface area contributed by atoms with Crippen molar-refractivity contribution in [2.75, 3.05) is 7.11 Å². The van der Waals surface area contributed by atoms with E-state index < -0.39 is 16.4 Å². The summed E-state index contributed by atoms with van der Waals surface area (Å²) in [5.41, 5.74) is 1.01. The molecule has 1 aromatic rings. The normalized spacial score (nSPS) is 13.3. The van der Waals surface area contributed by atoms with Gasteiger partial charge in [-0.05, 0) is 31.9 Å². The van der Waals surface area contributed by atoms with Gasteiger partial charge in [0.05, 0.1) is 4.90 Å². The fourth-order valence-corrected chi connectivity index (χ4v) is 2.88. The lowest BCUT2D eigenvalue weighted by Crippen LogP contribution is -2.20. The van der Waals surface area contributed by atoms with E-state index >= 15 is 0 Å². The summed E-state index contributed by atoms with van der Waals surface area (Å²) in [6, 6.07) is 6.60. The third-order valence-corrected chi connectivity index (χ3v) is 4.42. The molecule has 0 radical (unpaired) electrons. The van der Waals surface area contributed by atoms with Gasteiger partial charge in [0.25, 0.3) is 10.1 Å². The molecular formula is C15H24O4S. The minimum atomic E-state index is -3.76. The van der Waals surface area contributed by atoms with Gasteiger partial charge < -0.3 is 4.74 Å². The Kier molecular flexibility index (Phi) is 7.19. The van der Waals surface area contributed by atoms with E-state index in [0.717, 1.165) is 31.2 Å². The summed E-state index contributed by atoms with van der Waals surface area (Å²) < 4.78 is 34.5. The molecule has 0 unspecified atom stereocenters. The van der Waals surface area contributed by atoms with Gasteiger partial charge in [0.2, 0.25) is 0 Å². The maximum atomic E-state index is 12.1. The number of hydrogen-bond donors (Lipinski definition) is 0. The first-order valence-corrected chi connectivity index (χ1v) is 8.43. The molecule has 5 heteroatoms. The molecule has 0 aliphatic heterocycles. The Bertz CT molecular complexity index is 479.